The van der Waals surface area contributed by atoms with Gasteiger partial charge < -0.3 is 5.32 Å². The summed E-state index contributed by atoms with van der Waals surface area (Å²) in [6, 6.07) is 12.0. The van der Waals surface area contributed by atoms with Gasteiger partial charge in [0.2, 0.25) is 0 Å². The smallest absolute Gasteiger partial charge is 0.101 e. The number of hydrogen-bond acceptors (Lipinski definition) is 3. The van der Waals surface area contributed by atoms with Gasteiger partial charge in [-0.1, -0.05) is 12.1 Å². The molecule has 0 spiro atoms. The van der Waals surface area contributed by atoms with Gasteiger partial charge >= 0.3 is 0 Å². The van der Waals surface area contributed by atoms with E-state index in [2.05, 4.69) is 34.2 Å². The first-order valence-corrected chi connectivity index (χ1v) is 6.88. The van der Waals surface area contributed by atoms with E-state index >= 15 is 0 Å². The first kappa shape index (κ1) is 12.2. The zero-order valence-electron chi connectivity index (χ0n) is 9.27. The summed E-state index contributed by atoms with van der Waals surface area (Å²) < 4.78 is 1.11. The lowest BCUT2D eigenvalue weighted by molar-refractivity contribution is 0.902. The molecule has 2 aromatic rings. The lowest BCUT2D eigenvalue weighted by atomic mass is 10.1. The van der Waals surface area contributed by atoms with E-state index in [0.29, 0.717) is 5.56 Å². The zero-order chi connectivity index (χ0) is 12.3. The Hall–Kier alpha value is -1.31. The minimum absolute atomic E-state index is 0.180. The number of hydrogen-bond donors (Lipinski definition) is 1. The van der Waals surface area contributed by atoms with Crippen molar-refractivity contribution in [1.29, 1.82) is 5.26 Å². The summed E-state index contributed by atoms with van der Waals surface area (Å²) in [7, 11) is 0. The maximum atomic E-state index is 9.02. The molecule has 2 rings (SSSR count). The molecule has 0 amide bonds. The summed E-state index contributed by atoms with van der Waals surface area (Å²) >= 11 is 5.22. The summed E-state index contributed by atoms with van der Waals surface area (Å²) in [5.74, 6) is 0. The summed E-state index contributed by atoms with van der Waals surface area (Å²) in [6.07, 6.45) is 0. The fourth-order valence-corrected chi connectivity index (χ4v) is 3.34. The third kappa shape index (κ3) is 2.68. The minimum atomic E-state index is 0.180. The molecule has 0 radical (unpaired) electrons. The second-order valence-corrected chi connectivity index (χ2v) is 5.46. The number of thiophene rings is 1. The average Bonchev–Trinajstić information content (AvgIpc) is 2.76. The van der Waals surface area contributed by atoms with Crippen molar-refractivity contribution < 1.29 is 0 Å². The van der Waals surface area contributed by atoms with Crippen molar-refractivity contribution in [2.75, 3.05) is 5.32 Å². The molecule has 17 heavy (non-hydrogen) atoms. The van der Waals surface area contributed by atoms with Gasteiger partial charge in [-0.05, 0) is 46.4 Å². The number of nitrogens with zero attached hydrogens (tertiary/aromatic N) is 1. The van der Waals surface area contributed by atoms with Crippen LogP contribution in [0.2, 0.25) is 0 Å². The third-order valence-electron chi connectivity index (χ3n) is 2.46. The fraction of sp³-hybridized carbons (Fsp3) is 0.154. The molecule has 86 valence electrons. The number of nitrogens with one attached hydrogen (secondary N) is 1. The molecular formula is C13H11BrN2S. The highest BCUT2D eigenvalue weighted by Gasteiger charge is 2.11. The molecule has 4 heteroatoms. The van der Waals surface area contributed by atoms with E-state index in [1.807, 2.05) is 35.7 Å². The number of halogens is 1. The summed E-state index contributed by atoms with van der Waals surface area (Å²) in [5, 5.41) is 14.4. The van der Waals surface area contributed by atoms with Crippen LogP contribution in [0.4, 0.5) is 5.69 Å². The number of anilines is 1. The van der Waals surface area contributed by atoms with Gasteiger partial charge in [0.05, 0.1) is 17.3 Å². The minimum Gasteiger partial charge on any atom is -0.377 e. The van der Waals surface area contributed by atoms with Gasteiger partial charge in [0.15, 0.2) is 0 Å². The van der Waals surface area contributed by atoms with Crippen molar-refractivity contribution in [2.45, 2.75) is 13.0 Å². The summed E-state index contributed by atoms with van der Waals surface area (Å²) in [4.78, 5) is 1.23. The van der Waals surface area contributed by atoms with Crippen molar-refractivity contribution in [3.63, 3.8) is 0 Å². The van der Waals surface area contributed by atoms with Gasteiger partial charge in [-0.25, -0.2) is 0 Å². The van der Waals surface area contributed by atoms with E-state index in [-0.39, 0.29) is 6.04 Å². The van der Waals surface area contributed by atoms with Crippen molar-refractivity contribution in [2.24, 2.45) is 0 Å². The Labute approximate surface area is 113 Å². The largest absolute Gasteiger partial charge is 0.377 e. The van der Waals surface area contributed by atoms with Gasteiger partial charge in [-0.2, -0.15) is 5.26 Å². The van der Waals surface area contributed by atoms with Crippen molar-refractivity contribution in [1.82, 2.24) is 0 Å². The second-order valence-electron chi connectivity index (χ2n) is 3.66. The zero-order valence-corrected chi connectivity index (χ0v) is 11.7. The Kier molecular flexibility index (Phi) is 3.82. The Bertz CT molecular complexity index is 557. The van der Waals surface area contributed by atoms with E-state index < -0.39 is 0 Å². The van der Waals surface area contributed by atoms with Crippen LogP contribution >= 0.6 is 27.3 Å². The standard InChI is InChI=1S/C13H11BrN2S/c1-9(13-11(14)6-7-17-13)16-12-5-3-2-4-10(12)8-15/h2-7,9,16H,1H3. The van der Waals surface area contributed by atoms with Crippen LogP contribution < -0.4 is 5.32 Å². The molecule has 0 aliphatic heterocycles. The molecule has 1 aromatic carbocycles. The van der Waals surface area contributed by atoms with Crippen LogP contribution in [0.15, 0.2) is 40.2 Å². The van der Waals surface area contributed by atoms with E-state index in [4.69, 9.17) is 5.26 Å². The molecule has 1 N–H and O–H groups in total. The van der Waals surface area contributed by atoms with Crippen molar-refractivity contribution in [3.05, 3.63) is 50.6 Å². The molecule has 1 atom stereocenters. The van der Waals surface area contributed by atoms with Crippen LogP contribution in [0.3, 0.4) is 0 Å². The lowest BCUT2D eigenvalue weighted by Crippen LogP contribution is -2.06. The van der Waals surface area contributed by atoms with Gasteiger partial charge in [-0.3, -0.25) is 0 Å². The molecule has 0 saturated heterocycles. The molecular weight excluding hydrogens is 296 g/mol. The highest BCUT2D eigenvalue weighted by atomic mass is 79.9. The number of rotatable bonds is 3. The maximum Gasteiger partial charge on any atom is 0.101 e. The van der Waals surface area contributed by atoms with Crippen LogP contribution in [0.25, 0.3) is 0 Å². The van der Waals surface area contributed by atoms with Crippen LogP contribution in [-0.2, 0) is 0 Å². The van der Waals surface area contributed by atoms with Crippen LogP contribution in [-0.4, -0.2) is 0 Å². The highest BCUT2D eigenvalue weighted by Crippen LogP contribution is 2.31. The molecule has 1 unspecified atom stereocenters. The first-order chi connectivity index (χ1) is 8.22. The number of nitriles is 1. The normalized spacial score (nSPS) is 11.8. The molecule has 0 aliphatic rings. The first-order valence-electron chi connectivity index (χ1n) is 5.21. The van der Waals surface area contributed by atoms with Gasteiger partial charge in [0.25, 0.3) is 0 Å². The Morgan fingerprint density at radius 2 is 2.12 bits per heavy atom. The molecule has 1 heterocycles. The Balaban J connectivity index is 2.22. The van der Waals surface area contributed by atoms with Crippen LogP contribution in [0.5, 0.6) is 0 Å². The number of benzene rings is 1. The van der Waals surface area contributed by atoms with E-state index in [9.17, 15) is 0 Å². The predicted octanol–water partition coefficient (Wildman–Crippen LogP) is 4.56. The van der Waals surface area contributed by atoms with E-state index in [1.54, 1.807) is 11.3 Å². The monoisotopic (exact) mass is 306 g/mol. The molecule has 1 aromatic heterocycles. The SMILES string of the molecule is CC(Nc1ccccc1C#N)c1sccc1Br. The van der Waals surface area contributed by atoms with Crippen molar-refractivity contribution in [3.8, 4) is 6.07 Å². The lowest BCUT2D eigenvalue weighted by Gasteiger charge is -2.15. The molecule has 0 saturated carbocycles. The topological polar surface area (TPSA) is 35.8 Å². The van der Waals surface area contributed by atoms with Crippen LogP contribution in [0.1, 0.15) is 23.4 Å². The molecule has 2 nitrogen and oxygen atoms in total. The maximum absolute atomic E-state index is 9.02. The molecule has 0 bridgehead atoms. The van der Waals surface area contributed by atoms with Gasteiger partial charge in [0, 0.05) is 9.35 Å². The predicted molar refractivity (Wildman–Crippen MR) is 75.2 cm³/mol. The van der Waals surface area contributed by atoms with E-state index in [0.717, 1.165) is 10.2 Å². The number of para-hydroxylation sites is 1. The molecule has 0 aliphatic carbocycles. The summed E-state index contributed by atoms with van der Waals surface area (Å²) in [5.41, 5.74) is 1.55. The Morgan fingerprint density at radius 1 is 1.35 bits per heavy atom. The van der Waals surface area contributed by atoms with Gasteiger partial charge in [-0.15, -0.1) is 11.3 Å². The average molecular weight is 307 g/mol. The Morgan fingerprint density at radius 3 is 2.76 bits per heavy atom. The second kappa shape index (κ2) is 5.35. The highest BCUT2D eigenvalue weighted by molar-refractivity contribution is 9.10. The molecule has 0 fully saturated rings. The third-order valence-corrected chi connectivity index (χ3v) is 4.51. The van der Waals surface area contributed by atoms with E-state index in [1.165, 1.54) is 4.88 Å². The van der Waals surface area contributed by atoms with Crippen LogP contribution in [0, 0.1) is 11.3 Å². The summed E-state index contributed by atoms with van der Waals surface area (Å²) in [6.45, 7) is 2.09. The van der Waals surface area contributed by atoms with Crippen molar-refractivity contribution >= 4 is 33.0 Å². The van der Waals surface area contributed by atoms with Gasteiger partial charge in [0.1, 0.15) is 6.07 Å². The fourth-order valence-electron chi connectivity index (χ4n) is 1.62. The quantitative estimate of drug-likeness (QED) is 0.902.